The summed E-state index contributed by atoms with van der Waals surface area (Å²) in [6.45, 7) is 2.87. The van der Waals surface area contributed by atoms with Gasteiger partial charge in [0.15, 0.2) is 5.78 Å². The van der Waals surface area contributed by atoms with E-state index >= 15 is 0 Å². The quantitative estimate of drug-likeness (QED) is 0.347. The molecule has 0 fully saturated rings. The van der Waals surface area contributed by atoms with E-state index in [-0.39, 0.29) is 53.0 Å². The van der Waals surface area contributed by atoms with Gasteiger partial charge in [-0.2, -0.15) is 0 Å². The molecule has 0 amide bonds. The fourth-order valence-electron chi connectivity index (χ4n) is 1.52. The van der Waals surface area contributed by atoms with E-state index in [1.54, 1.807) is 24.3 Å². The van der Waals surface area contributed by atoms with Crippen molar-refractivity contribution >= 4 is 23.1 Å². The molecule has 0 aliphatic carbocycles. The fraction of sp³-hybridized carbons (Fsp3) is 0.286. The SMILES string of the molecule is CC(=O)CC(=[OH+])c1ccc(C(=O)CC(C)=[OH+])cc1.[Fe]. The largest absolute Gasteiger partial charge is 0.330 e. The Labute approximate surface area is 122 Å². The monoisotopic (exact) mass is 304 g/mol. The van der Waals surface area contributed by atoms with E-state index in [4.69, 9.17) is 4.79 Å². The van der Waals surface area contributed by atoms with Crippen LogP contribution in [0.4, 0.5) is 0 Å². The summed E-state index contributed by atoms with van der Waals surface area (Å²) >= 11 is 0. The van der Waals surface area contributed by atoms with Crippen molar-refractivity contribution in [2.75, 3.05) is 0 Å². The summed E-state index contributed by atoms with van der Waals surface area (Å²) in [5.41, 5.74) is 0.981. The number of carbonyl (C=O) groups excluding carboxylic acids is 4. The van der Waals surface area contributed by atoms with Crippen LogP contribution >= 0.6 is 0 Å². The maximum Gasteiger partial charge on any atom is 0.330 e. The van der Waals surface area contributed by atoms with Crippen LogP contribution in [0.5, 0.6) is 0 Å². The molecule has 102 valence electrons. The molecule has 1 rings (SSSR count). The molecule has 0 heterocycles. The van der Waals surface area contributed by atoms with Gasteiger partial charge in [0.2, 0.25) is 0 Å². The minimum absolute atomic E-state index is 0. The number of ketones is 4. The molecule has 0 atom stereocenters. The van der Waals surface area contributed by atoms with E-state index in [9.17, 15) is 14.4 Å². The Balaban J connectivity index is 0.00000324. The van der Waals surface area contributed by atoms with Gasteiger partial charge >= 0.3 is 5.78 Å². The van der Waals surface area contributed by atoms with E-state index in [2.05, 4.69) is 0 Å². The van der Waals surface area contributed by atoms with Gasteiger partial charge in [0.05, 0.1) is 5.56 Å². The minimum atomic E-state index is -0.187. The molecule has 0 unspecified atom stereocenters. The molecule has 4 nitrogen and oxygen atoms in total. The number of benzene rings is 1. The summed E-state index contributed by atoms with van der Waals surface area (Å²) < 4.78 is 0. The Morgan fingerprint density at radius 1 is 0.947 bits per heavy atom. The van der Waals surface area contributed by atoms with Gasteiger partial charge in [0, 0.05) is 29.6 Å². The molecule has 0 aliphatic heterocycles. The van der Waals surface area contributed by atoms with Gasteiger partial charge in [-0.25, -0.2) is 0 Å². The summed E-state index contributed by atoms with van der Waals surface area (Å²) in [6, 6.07) is 6.30. The zero-order chi connectivity index (χ0) is 13.7. The molecule has 0 aromatic heterocycles. The van der Waals surface area contributed by atoms with Crippen molar-refractivity contribution in [1.29, 1.82) is 0 Å². The third kappa shape index (κ3) is 5.73. The standard InChI is InChI=1S/C14H14O4.Fe/c1-9(15)7-13(17)11-3-5-12(6-4-11)14(18)8-10(2)16;/h3-6H,7-8H2,1-2H3;/p+2. The van der Waals surface area contributed by atoms with Crippen LogP contribution in [0.25, 0.3) is 0 Å². The van der Waals surface area contributed by atoms with Crippen LogP contribution in [-0.2, 0) is 21.9 Å². The Morgan fingerprint density at radius 2 is 1.42 bits per heavy atom. The van der Waals surface area contributed by atoms with Crippen molar-refractivity contribution in [3.05, 3.63) is 35.4 Å². The summed E-state index contributed by atoms with van der Waals surface area (Å²) in [6.07, 6.45) is -0.0285. The van der Waals surface area contributed by atoms with Gasteiger partial charge in [-0.1, -0.05) is 12.1 Å². The molecule has 1 aromatic rings. The second-order valence-corrected chi connectivity index (χ2v) is 4.24. The first-order valence-corrected chi connectivity index (χ1v) is 5.59. The number of carbonyl (C=O) groups is 2. The van der Waals surface area contributed by atoms with Gasteiger partial charge in [-0.3, -0.25) is 19.2 Å². The smallest absolute Gasteiger partial charge is 0.299 e. The van der Waals surface area contributed by atoms with Crippen molar-refractivity contribution in [1.82, 2.24) is 0 Å². The third-order valence-electron chi connectivity index (χ3n) is 2.37. The van der Waals surface area contributed by atoms with E-state index in [0.717, 1.165) is 0 Å². The normalized spacial score (nSPS) is 9.37. The maximum absolute atomic E-state index is 11.6. The molecule has 2 N–H and O–H groups in total. The molecular formula is C14H16FeO4+2. The second-order valence-electron chi connectivity index (χ2n) is 4.24. The van der Waals surface area contributed by atoms with Gasteiger partial charge in [-0.15, -0.1) is 0 Å². The van der Waals surface area contributed by atoms with Crippen molar-refractivity contribution < 1.29 is 36.2 Å². The minimum Gasteiger partial charge on any atom is -0.299 e. The van der Waals surface area contributed by atoms with Gasteiger partial charge < -0.3 is 0 Å². The van der Waals surface area contributed by atoms with Crippen LogP contribution in [0.3, 0.4) is 0 Å². The van der Waals surface area contributed by atoms with E-state index in [1.807, 2.05) is 0 Å². The predicted molar refractivity (Wildman–Crippen MR) is 69.3 cm³/mol. The van der Waals surface area contributed by atoms with Crippen LogP contribution in [0.1, 0.15) is 42.6 Å². The van der Waals surface area contributed by atoms with Crippen LogP contribution in [0.2, 0.25) is 0 Å². The zero-order valence-electron chi connectivity index (χ0n) is 10.8. The Hall–Kier alpha value is -1.58. The van der Waals surface area contributed by atoms with Crippen LogP contribution < -0.4 is 0 Å². The Morgan fingerprint density at radius 3 is 1.84 bits per heavy atom. The van der Waals surface area contributed by atoms with Crippen LogP contribution in [-0.4, -0.2) is 32.7 Å². The molecule has 0 saturated carbocycles. The van der Waals surface area contributed by atoms with Gasteiger partial charge in [0.25, 0.3) is 5.78 Å². The second kappa shape index (κ2) is 7.77. The number of hydrogen-bond acceptors (Lipinski definition) is 2. The van der Waals surface area contributed by atoms with Crippen LogP contribution in [0, 0.1) is 0 Å². The fourth-order valence-corrected chi connectivity index (χ4v) is 1.52. The van der Waals surface area contributed by atoms with Gasteiger partial charge in [-0.05, 0) is 19.1 Å². The van der Waals surface area contributed by atoms with Crippen molar-refractivity contribution in [2.45, 2.75) is 26.7 Å². The van der Waals surface area contributed by atoms with Crippen molar-refractivity contribution in [3.8, 4) is 0 Å². The van der Waals surface area contributed by atoms with Crippen molar-refractivity contribution in [2.24, 2.45) is 0 Å². The molecule has 0 spiro atoms. The summed E-state index contributed by atoms with van der Waals surface area (Å²) in [5.74, 6) is -0.257. The molecule has 5 heteroatoms. The summed E-state index contributed by atoms with van der Waals surface area (Å²) in [4.78, 5) is 41.1. The van der Waals surface area contributed by atoms with Crippen molar-refractivity contribution in [3.63, 3.8) is 0 Å². The first kappa shape index (κ1) is 17.4. The van der Waals surface area contributed by atoms with E-state index in [1.165, 1.54) is 13.8 Å². The van der Waals surface area contributed by atoms with E-state index < -0.39 is 0 Å². The van der Waals surface area contributed by atoms with Crippen LogP contribution in [0.15, 0.2) is 24.3 Å². The molecule has 1 aromatic carbocycles. The predicted octanol–water partition coefficient (Wildman–Crippen LogP) is 1.69. The number of hydrogen-bond donors (Lipinski definition) is 0. The van der Waals surface area contributed by atoms with Gasteiger partial charge in [0.1, 0.15) is 18.6 Å². The average Bonchev–Trinajstić information content (AvgIpc) is 2.27. The molecule has 0 radical (unpaired) electrons. The molecule has 0 saturated heterocycles. The van der Waals surface area contributed by atoms with E-state index in [0.29, 0.717) is 11.1 Å². The summed E-state index contributed by atoms with van der Waals surface area (Å²) in [5, 5.41) is 0. The summed E-state index contributed by atoms with van der Waals surface area (Å²) in [7, 11) is 0. The Kier molecular flexibility index (Phi) is 7.12. The first-order chi connectivity index (χ1) is 8.40. The number of rotatable bonds is 6. The molecule has 0 aliphatic rings. The molecular weight excluding hydrogens is 288 g/mol. The topological polar surface area (TPSA) is 76.9 Å². The average molecular weight is 304 g/mol. The molecule has 19 heavy (non-hydrogen) atoms. The molecule has 0 bridgehead atoms. The Bertz CT molecular complexity index is 456. The number of Topliss-reactive ketones (excluding diaryl/α,β-unsaturated/α-hetero) is 2. The zero-order valence-corrected chi connectivity index (χ0v) is 11.9. The maximum atomic E-state index is 11.6. The third-order valence-corrected chi connectivity index (χ3v) is 2.37. The first-order valence-electron chi connectivity index (χ1n) is 5.59.